The van der Waals surface area contributed by atoms with Gasteiger partial charge in [0.05, 0.1) is 22.9 Å². The lowest BCUT2D eigenvalue weighted by Gasteiger charge is -2.26. The summed E-state index contributed by atoms with van der Waals surface area (Å²) in [7, 11) is -3.54. The molecule has 3 rings (SSSR count). The van der Waals surface area contributed by atoms with Gasteiger partial charge < -0.3 is 10.1 Å². The maximum atomic E-state index is 12.8. The van der Waals surface area contributed by atoms with Crippen LogP contribution in [0.15, 0.2) is 53.4 Å². The van der Waals surface area contributed by atoms with Gasteiger partial charge in [0.15, 0.2) is 0 Å². The number of sulfonamides is 1. The summed E-state index contributed by atoms with van der Waals surface area (Å²) < 4.78 is 32.5. The fraction of sp³-hybridized carbons (Fsp3) is 0.350. The van der Waals surface area contributed by atoms with E-state index >= 15 is 0 Å². The van der Waals surface area contributed by atoms with E-state index in [0.717, 1.165) is 19.3 Å². The quantitative estimate of drug-likeness (QED) is 0.733. The van der Waals surface area contributed by atoms with Crippen LogP contribution in [0.2, 0.25) is 5.02 Å². The zero-order chi connectivity index (χ0) is 20.0. The van der Waals surface area contributed by atoms with E-state index in [4.69, 9.17) is 16.3 Å². The second kappa shape index (κ2) is 9.41. The molecule has 1 heterocycles. The summed E-state index contributed by atoms with van der Waals surface area (Å²) in [5.74, 6) is 0.256. The fourth-order valence-electron chi connectivity index (χ4n) is 3.03. The molecule has 0 unspecified atom stereocenters. The topological polar surface area (TPSA) is 75.7 Å². The number of nitrogens with one attached hydrogen (secondary N) is 1. The molecule has 0 bridgehead atoms. The number of piperidine rings is 1. The number of ether oxygens (including phenoxy) is 1. The predicted molar refractivity (Wildman–Crippen MR) is 109 cm³/mol. The molecule has 6 nitrogen and oxygen atoms in total. The first-order valence-electron chi connectivity index (χ1n) is 9.24. The van der Waals surface area contributed by atoms with Crippen molar-refractivity contribution >= 4 is 33.2 Å². The van der Waals surface area contributed by atoms with Crippen LogP contribution in [0.4, 0.5) is 5.69 Å². The van der Waals surface area contributed by atoms with Crippen LogP contribution in [0.5, 0.6) is 5.75 Å². The number of rotatable bonds is 7. The number of amides is 1. The van der Waals surface area contributed by atoms with E-state index in [0.29, 0.717) is 29.5 Å². The van der Waals surface area contributed by atoms with Crippen LogP contribution in [0.1, 0.15) is 25.7 Å². The normalized spacial score (nSPS) is 15.2. The average molecular weight is 423 g/mol. The molecule has 0 atom stereocenters. The first-order valence-corrected chi connectivity index (χ1v) is 11.1. The lowest BCUT2D eigenvalue weighted by Crippen LogP contribution is -2.35. The molecule has 150 valence electrons. The van der Waals surface area contributed by atoms with Crippen molar-refractivity contribution in [2.45, 2.75) is 30.6 Å². The van der Waals surface area contributed by atoms with Crippen molar-refractivity contribution in [1.29, 1.82) is 0 Å². The molecule has 0 saturated carbocycles. The largest absolute Gasteiger partial charge is 0.491 e. The molecule has 2 aromatic carbocycles. The van der Waals surface area contributed by atoms with Crippen LogP contribution in [0.3, 0.4) is 0 Å². The number of nitrogens with zero attached hydrogens (tertiary/aromatic N) is 1. The third-order valence-electron chi connectivity index (χ3n) is 4.49. The van der Waals surface area contributed by atoms with Gasteiger partial charge in [-0.3, -0.25) is 4.79 Å². The monoisotopic (exact) mass is 422 g/mol. The highest BCUT2D eigenvalue weighted by molar-refractivity contribution is 7.89. The SMILES string of the molecule is O=C(CCOc1ccccc1Cl)Nc1cccc(S(=O)(=O)N2CCCCC2)c1. The van der Waals surface area contributed by atoms with Gasteiger partial charge in [0, 0.05) is 18.8 Å². The van der Waals surface area contributed by atoms with E-state index < -0.39 is 10.0 Å². The molecule has 2 aromatic rings. The van der Waals surface area contributed by atoms with Gasteiger partial charge in [-0.15, -0.1) is 0 Å². The zero-order valence-corrected chi connectivity index (χ0v) is 17.0. The Morgan fingerprint density at radius 3 is 2.57 bits per heavy atom. The lowest BCUT2D eigenvalue weighted by molar-refractivity contribution is -0.116. The zero-order valence-electron chi connectivity index (χ0n) is 15.4. The van der Waals surface area contributed by atoms with E-state index in [-0.39, 0.29) is 23.8 Å². The van der Waals surface area contributed by atoms with Crippen molar-refractivity contribution in [2.24, 2.45) is 0 Å². The number of benzene rings is 2. The number of hydrogen-bond acceptors (Lipinski definition) is 4. The van der Waals surface area contributed by atoms with Gasteiger partial charge in [0.1, 0.15) is 5.75 Å². The van der Waals surface area contributed by atoms with Crippen molar-refractivity contribution in [3.63, 3.8) is 0 Å². The van der Waals surface area contributed by atoms with Crippen molar-refractivity contribution in [2.75, 3.05) is 25.0 Å². The predicted octanol–water partition coefficient (Wildman–Crippen LogP) is 3.92. The molecule has 1 amide bonds. The molecule has 28 heavy (non-hydrogen) atoms. The van der Waals surface area contributed by atoms with E-state index in [1.165, 1.54) is 10.4 Å². The van der Waals surface area contributed by atoms with E-state index in [1.807, 2.05) is 0 Å². The summed E-state index contributed by atoms with van der Waals surface area (Å²) in [4.78, 5) is 12.4. The number of hydrogen-bond donors (Lipinski definition) is 1. The van der Waals surface area contributed by atoms with Gasteiger partial charge >= 0.3 is 0 Å². The van der Waals surface area contributed by atoms with Crippen LogP contribution < -0.4 is 10.1 Å². The molecule has 0 spiro atoms. The van der Waals surface area contributed by atoms with Crippen LogP contribution in [-0.2, 0) is 14.8 Å². The highest BCUT2D eigenvalue weighted by atomic mass is 35.5. The number of anilines is 1. The van der Waals surface area contributed by atoms with Gasteiger partial charge in [-0.2, -0.15) is 4.31 Å². The molecule has 1 aliphatic heterocycles. The molecule has 1 saturated heterocycles. The average Bonchev–Trinajstić information content (AvgIpc) is 2.70. The highest BCUT2D eigenvalue weighted by Crippen LogP contribution is 2.24. The van der Waals surface area contributed by atoms with Crippen molar-refractivity contribution < 1.29 is 17.9 Å². The number of halogens is 1. The molecule has 1 N–H and O–H groups in total. The van der Waals surface area contributed by atoms with Gasteiger partial charge in [0.25, 0.3) is 0 Å². The fourth-order valence-corrected chi connectivity index (χ4v) is 4.78. The summed E-state index contributed by atoms with van der Waals surface area (Å²) in [5.41, 5.74) is 0.445. The van der Waals surface area contributed by atoms with Crippen LogP contribution in [0, 0.1) is 0 Å². The number of carbonyl (C=O) groups excluding carboxylic acids is 1. The summed E-state index contributed by atoms with van der Waals surface area (Å²) in [6, 6.07) is 13.4. The molecule has 1 fully saturated rings. The van der Waals surface area contributed by atoms with Crippen LogP contribution in [0.25, 0.3) is 0 Å². The molecular weight excluding hydrogens is 400 g/mol. The Balaban J connectivity index is 1.58. The van der Waals surface area contributed by atoms with E-state index in [1.54, 1.807) is 42.5 Å². The van der Waals surface area contributed by atoms with Gasteiger partial charge in [-0.1, -0.05) is 36.2 Å². The summed E-state index contributed by atoms with van der Waals surface area (Å²) in [6.07, 6.45) is 2.93. The van der Waals surface area contributed by atoms with Crippen LogP contribution >= 0.6 is 11.6 Å². The summed E-state index contributed by atoms with van der Waals surface area (Å²) in [5, 5.41) is 3.21. The second-order valence-corrected chi connectivity index (χ2v) is 8.91. The maximum Gasteiger partial charge on any atom is 0.243 e. The molecule has 0 aromatic heterocycles. The molecule has 0 radical (unpaired) electrons. The maximum absolute atomic E-state index is 12.8. The standard InChI is InChI=1S/C20H23ClN2O4S/c21-18-9-2-3-10-19(18)27-14-11-20(24)22-16-7-6-8-17(15-16)28(25,26)23-12-4-1-5-13-23/h2-3,6-10,15H,1,4-5,11-14H2,(H,22,24). The Morgan fingerprint density at radius 2 is 1.82 bits per heavy atom. The third-order valence-corrected chi connectivity index (χ3v) is 6.70. The molecule has 8 heteroatoms. The van der Waals surface area contributed by atoms with Crippen molar-refractivity contribution in [3.8, 4) is 5.75 Å². The van der Waals surface area contributed by atoms with E-state index in [9.17, 15) is 13.2 Å². The Kier molecular flexibility index (Phi) is 6.93. The smallest absolute Gasteiger partial charge is 0.243 e. The first kappa shape index (κ1) is 20.6. The highest BCUT2D eigenvalue weighted by Gasteiger charge is 2.26. The summed E-state index contributed by atoms with van der Waals surface area (Å²) >= 11 is 6.01. The number of carbonyl (C=O) groups is 1. The lowest BCUT2D eigenvalue weighted by atomic mass is 10.2. The van der Waals surface area contributed by atoms with Crippen LogP contribution in [-0.4, -0.2) is 38.3 Å². The minimum absolute atomic E-state index is 0.119. The minimum Gasteiger partial charge on any atom is -0.491 e. The third kappa shape index (κ3) is 5.25. The Bertz CT molecular complexity index is 927. The second-order valence-electron chi connectivity index (χ2n) is 6.57. The Labute approximate surface area is 170 Å². The molecule has 1 aliphatic rings. The minimum atomic E-state index is -3.54. The molecular formula is C20H23ClN2O4S. The van der Waals surface area contributed by atoms with Gasteiger partial charge in [-0.25, -0.2) is 8.42 Å². The Hall–Kier alpha value is -2.09. The first-order chi connectivity index (χ1) is 13.5. The Morgan fingerprint density at radius 1 is 1.07 bits per heavy atom. The van der Waals surface area contributed by atoms with Gasteiger partial charge in [-0.05, 0) is 43.2 Å². The van der Waals surface area contributed by atoms with Crippen molar-refractivity contribution in [3.05, 3.63) is 53.6 Å². The number of para-hydroxylation sites is 1. The van der Waals surface area contributed by atoms with Gasteiger partial charge in [0.2, 0.25) is 15.9 Å². The molecule has 0 aliphatic carbocycles. The summed E-state index contributed by atoms with van der Waals surface area (Å²) in [6.45, 7) is 1.25. The van der Waals surface area contributed by atoms with E-state index in [2.05, 4.69) is 5.32 Å². The van der Waals surface area contributed by atoms with Crippen molar-refractivity contribution in [1.82, 2.24) is 4.31 Å².